The summed E-state index contributed by atoms with van der Waals surface area (Å²) in [6.45, 7) is 1.41. The molecular formula is C27H34BN5O6. The van der Waals surface area contributed by atoms with Crippen LogP contribution in [0.4, 0.5) is 0 Å². The molecule has 206 valence electrons. The van der Waals surface area contributed by atoms with E-state index in [1.807, 2.05) is 51.2 Å². The lowest BCUT2D eigenvalue weighted by Gasteiger charge is -2.51. The van der Waals surface area contributed by atoms with Gasteiger partial charge in [0.2, 0.25) is 5.91 Å². The molecule has 3 aliphatic rings. The second kappa shape index (κ2) is 10.4. The first-order valence-corrected chi connectivity index (χ1v) is 13.5. The maximum atomic E-state index is 13.9. The predicted molar refractivity (Wildman–Crippen MR) is 140 cm³/mol. The molecule has 0 aliphatic carbocycles. The highest BCUT2D eigenvalue weighted by molar-refractivity contribution is 6.68. The van der Waals surface area contributed by atoms with Crippen molar-refractivity contribution in [2.45, 2.75) is 70.0 Å². The number of aromatic nitrogens is 2. The van der Waals surface area contributed by atoms with Crippen molar-refractivity contribution in [3.05, 3.63) is 60.2 Å². The van der Waals surface area contributed by atoms with Crippen LogP contribution in [0.25, 0.3) is 0 Å². The van der Waals surface area contributed by atoms with E-state index in [1.165, 1.54) is 18.6 Å². The lowest BCUT2D eigenvalue weighted by molar-refractivity contribution is -0.850. The van der Waals surface area contributed by atoms with E-state index in [2.05, 4.69) is 20.6 Å². The normalized spacial score (nSPS) is 28.7. The summed E-state index contributed by atoms with van der Waals surface area (Å²) < 4.78 is 12.0. The monoisotopic (exact) mass is 535 g/mol. The zero-order valence-electron chi connectivity index (χ0n) is 22.4. The summed E-state index contributed by atoms with van der Waals surface area (Å²) in [7, 11) is 1.85. The third-order valence-electron chi connectivity index (χ3n) is 8.45. The highest BCUT2D eigenvalue weighted by atomic mass is 16.7. The van der Waals surface area contributed by atoms with Crippen molar-refractivity contribution in [2.24, 2.45) is 5.92 Å². The fraction of sp³-hybridized carbons (Fsp3) is 0.481. The molecule has 1 aromatic carbocycles. The lowest BCUT2D eigenvalue weighted by atomic mass is 9.56. The van der Waals surface area contributed by atoms with Crippen molar-refractivity contribution in [1.82, 2.24) is 20.6 Å². The number of hydrogen-bond donors (Lipinski definition) is 2. The molecule has 0 bridgehead atoms. The minimum Gasteiger partial charge on any atom is -0.599 e. The topological polar surface area (TPSA) is 137 Å². The molecule has 0 radical (unpaired) electrons. The Morgan fingerprint density at radius 2 is 1.72 bits per heavy atom. The number of hydrogen-bond acceptors (Lipinski definition) is 8. The maximum Gasteiger partial charge on any atom is 0.605 e. The smallest absolute Gasteiger partial charge is 0.599 e. The molecule has 4 heterocycles. The number of carbonyl (C=O) groups is 4. The first kappa shape index (κ1) is 26.8. The Labute approximate surface area is 227 Å². The summed E-state index contributed by atoms with van der Waals surface area (Å²) in [5.74, 6) is -2.49. The number of benzene rings is 1. The molecule has 2 N–H and O–H groups in total. The number of carbonyl (C=O) groups excluding carboxylic acids is 4. The van der Waals surface area contributed by atoms with Gasteiger partial charge in [0, 0.05) is 38.7 Å². The molecule has 2 aromatic rings. The zero-order chi connectivity index (χ0) is 27.8. The molecule has 11 nitrogen and oxygen atoms in total. The number of quaternary nitrogens is 1. The third kappa shape index (κ3) is 4.66. The number of rotatable bonds is 9. The summed E-state index contributed by atoms with van der Waals surface area (Å²) in [6, 6.07) is 7.32. The van der Waals surface area contributed by atoms with E-state index in [9.17, 15) is 19.2 Å². The summed E-state index contributed by atoms with van der Waals surface area (Å²) in [5, 5.41) is 5.84. The van der Waals surface area contributed by atoms with Crippen LogP contribution in [0, 0.1) is 5.92 Å². The van der Waals surface area contributed by atoms with Crippen LogP contribution in [-0.2, 0) is 30.1 Å². The molecule has 39 heavy (non-hydrogen) atoms. The van der Waals surface area contributed by atoms with Crippen molar-refractivity contribution in [2.75, 3.05) is 7.05 Å². The maximum absolute atomic E-state index is 13.9. The highest BCUT2D eigenvalue weighted by Gasteiger charge is 2.77. The van der Waals surface area contributed by atoms with Crippen LogP contribution in [0.3, 0.4) is 0 Å². The van der Waals surface area contributed by atoms with Gasteiger partial charge in [0.1, 0.15) is 23.8 Å². The second-order valence-corrected chi connectivity index (χ2v) is 11.3. The van der Waals surface area contributed by atoms with Crippen molar-refractivity contribution in [3.63, 3.8) is 0 Å². The minimum atomic E-state index is -2.57. The molecule has 2 amide bonds. The minimum absolute atomic E-state index is 0.0324. The Morgan fingerprint density at radius 1 is 1.05 bits per heavy atom. The third-order valence-corrected chi connectivity index (χ3v) is 8.45. The Kier molecular flexibility index (Phi) is 7.15. The van der Waals surface area contributed by atoms with Gasteiger partial charge in [-0.05, 0) is 24.3 Å². The molecule has 0 spiro atoms. The molecule has 12 heteroatoms. The Bertz CT molecular complexity index is 1230. The van der Waals surface area contributed by atoms with E-state index in [1.54, 1.807) is 0 Å². The highest BCUT2D eigenvalue weighted by Crippen LogP contribution is 2.49. The van der Waals surface area contributed by atoms with Crippen molar-refractivity contribution in [3.8, 4) is 0 Å². The van der Waals surface area contributed by atoms with Gasteiger partial charge in [0.05, 0.1) is 12.1 Å². The van der Waals surface area contributed by atoms with Crippen LogP contribution in [0.2, 0.25) is 0 Å². The average Bonchev–Trinajstić information content (AvgIpc) is 3.28. The van der Waals surface area contributed by atoms with Gasteiger partial charge < -0.3 is 24.3 Å². The fourth-order valence-electron chi connectivity index (χ4n) is 6.60. The number of piperidine rings is 1. The molecule has 5 rings (SSSR count). The van der Waals surface area contributed by atoms with E-state index in [0.29, 0.717) is 19.3 Å². The lowest BCUT2D eigenvalue weighted by Crippen LogP contribution is -2.76. The Balaban J connectivity index is 1.46. The molecule has 3 fully saturated rings. The van der Waals surface area contributed by atoms with E-state index in [0.717, 1.165) is 12.0 Å². The SMILES string of the molecule is CC(C)C[C@H](NC(=O)[C@H](Cc1ccccc1)NC(=O)c1cnccn1)[B-]12OC(=O)[C@H]3CCC[C@@H](C(=O)O1)[N+]32C. The Hall–Kier alpha value is -3.80. The molecule has 3 saturated heterocycles. The Morgan fingerprint density at radius 3 is 2.31 bits per heavy atom. The molecular weight excluding hydrogens is 501 g/mol. The summed E-state index contributed by atoms with van der Waals surface area (Å²) >= 11 is 0. The van der Waals surface area contributed by atoms with Gasteiger partial charge in [-0.1, -0.05) is 44.2 Å². The summed E-state index contributed by atoms with van der Waals surface area (Å²) in [6.07, 6.45) is 6.74. The van der Waals surface area contributed by atoms with Crippen molar-refractivity contribution >= 4 is 30.4 Å². The van der Waals surface area contributed by atoms with Crippen molar-refractivity contribution < 1.29 is 32.9 Å². The average molecular weight is 535 g/mol. The summed E-state index contributed by atoms with van der Waals surface area (Å²) in [4.78, 5) is 61.0. The van der Waals surface area contributed by atoms with Crippen LogP contribution >= 0.6 is 0 Å². The quantitative estimate of drug-likeness (QED) is 0.459. The van der Waals surface area contributed by atoms with Gasteiger partial charge in [-0.15, -0.1) is 0 Å². The first-order chi connectivity index (χ1) is 18.7. The number of nitrogens with zero attached hydrogens (tertiary/aromatic N) is 3. The van der Waals surface area contributed by atoms with E-state index >= 15 is 0 Å². The van der Waals surface area contributed by atoms with Crippen LogP contribution in [0.1, 0.15) is 55.6 Å². The fourth-order valence-corrected chi connectivity index (χ4v) is 6.60. The molecule has 6 atom stereocenters. The first-order valence-electron chi connectivity index (χ1n) is 13.5. The van der Waals surface area contributed by atoms with Crippen LogP contribution in [0.15, 0.2) is 48.9 Å². The number of likely N-dealkylation sites (N-methyl/N-ethyl adjacent to an activating group) is 1. The largest absolute Gasteiger partial charge is 0.605 e. The molecule has 2 unspecified atom stereocenters. The van der Waals surface area contributed by atoms with Crippen LogP contribution < -0.4 is 10.6 Å². The molecule has 3 aliphatic heterocycles. The van der Waals surface area contributed by atoms with Gasteiger partial charge in [0.25, 0.3) is 5.91 Å². The predicted octanol–water partition coefficient (Wildman–Crippen LogP) is 1.31. The van der Waals surface area contributed by atoms with E-state index in [-0.39, 0.29) is 22.4 Å². The van der Waals surface area contributed by atoms with E-state index in [4.69, 9.17) is 9.31 Å². The number of nitrogens with one attached hydrogen (secondary N) is 2. The van der Waals surface area contributed by atoms with Crippen LogP contribution in [0.5, 0.6) is 0 Å². The van der Waals surface area contributed by atoms with Gasteiger partial charge >= 0.3 is 18.6 Å². The molecule has 0 saturated carbocycles. The van der Waals surface area contributed by atoms with E-state index < -0.39 is 54.5 Å². The number of amides is 2. The second-order valence-electron chi connectivity index (χ2n) is 11.3. The van der Waals surface area contributed by atoms with Gasteiger partial charge in [-0.2, -0.15) is 0 Å². The zero-order valence-corrected chi connectivity index (χ0v) is 22.4. The van der Waals surface area contributed by atoms with Crippen LogP contribution in [-0.4, -0.2) is 75.9 Å². The van der Waals surface area contributed by atoms with Crippen molar-refractivity contribution in [1.29, 1.82) is 0 Å². The summed E-state index contributed by atoms with van der Waals surface area (Å²) in [5.41, 5.74) is 0.923. The van der Waals surface area contributed by atoms with Gasteiger partial charge in [0.15, 0.2) is 0 Å². The standard InChI is InChI=1S/C27H34BN5O6/c1-17(2)14-23(28-33(3)21(26(36)38-28)10-7-11-22(33)27(37)39-28)32-24(34)19(15-18-8-5-4-6-9-18)31-25(35)20-16-29-12-13-30-20/h4-6,8-9,12-13,16-17,19,21-23H,7,10-11,14-15H2,1-3H3,(H,31,35)(H,32,34)/t19-,21-,22+,23-,28?,33?/m0/s1. The van der Waals surface area contributed by atoms with Gasteiger partial charge in [-0.25, -0.2) is 14.6 Å². The van der Waals surface area contributed by atoms with Gasteiger partial charge in [-0.3, -0.25) is 14.6 Å². The molecule has 1 aromatic heterocycles.